The summed E-state index contributed by atoms with van der Waals surface area (Å²) in [4.78, 5) is 10.7. The van der Waals surface area contributed by atoms with Gasteiger partial charge >= 0.3 is 0 Å². The highest BCUT2D eigenvalue weighted by molar-refractivity contribution is 5.94. The molecule has 1 saturated heterocycles. The molecule has 0 saturated carbocycles. The third-order valence-electron chi connectivity index (χ3n) is 3.24. The van der Waals surface area contributed by atoms with Crippen molar-refractivity contribution in [3.05, 3.63) is 18.1 Å². The molecule has 1 aliphatic heterocycles. The van der Waals surface area contributed by atoms with Crippen molar-refractivity contribution in [3.63, 3.8) is 0 Å². The lowest BCUT2D eigenvalue weighted by Gasteiger charge is -2.38. The molecule has 0 spiro atoms. The van der Waals surface area contributed by atoms with E-state index in [1.165, 1.54) is 6.20 Å². The largest absolute Gasteiger partial charge is 0.409 e. The molecule has 1 aromatic heterocycles. The van der Waals surface area contributed by atoms with Crippen molar-refractivity contribution < 1.29 is 9.94 Å². The predicted octanol–water partition coefficient (Wildman–Crippen LogP) is 0.575. The van der Waals surface area contributed by atoms with E-state index < -0.39 is 0 Å². The minimum Gasteiger partial charge on any atom is -0.409 e. The number of ether oxygens (including phenoxy) is 1. The predicted molar refractivity (Wildman–Crippen MR) is 71.4 cm³/mol. The molecule has 0 bridgehead atoms. The van der Waals surface area contributed by atoms with Crippen molar-refractivity contribution in [2.24, 2.45) is 10.9 Å². The third kappa shape index (κ3) is 2.93. The Morgan fingerprint density at radius 1 is 1.58 bits per heavy atom. The summed E-state index contributed by atoms with van der Waals surface area (Å²) in [6.45, 7) is 5.64. The van der Waals surface area contributed by atoms with Crippen molar-refractivity contribution >= 4 is 11.7 Å². The quantitative estimate of drug-likeness (QED) is 0.359. The van der Waals surface area contributed by atoms with Gasteiger partial charge in [0.2, 0.25) is 0 Å². The van der Waals surface area contributed by atoms with Crippen LogP contribution < -0.4 is 10.6 Å². The average molecular weight is 265 g/mol. The van der Waals surface area contributed by atoms with Crippen LogP contribution >= 0.6 is 0 Å². The summed E-state index contributed by atoms with van der Waals surface area (Å²) < 4.78 is 5.65. The van der Waals surface area contributed by atoms with Crippen LogP contribution in [0.3, 0.4) is 0 Å². The molecule has 1 aliphatic rings. The summed E-state index contributed by atoms with van der Waals surface area (Å²) in [5.41, 5.74) is 5.82. The second kappa shape index (κ2) is 5.83. The van der Waals surface area contributed by atoms with Gasteiger partial charge < -0.3 is 20.6 Å². The lowest BCUT2D eigenvalue weighted by atomic mass is 10.1. The van der Waals surface area contributed by atoms with Gasteiger partial charge in [-0.05, 0) is 13.3 Å². The fraction of sp³-hybridized carbons (Fsp3) is 0.583. The molecule has 2 heterocycles. The average Bonchev–Trinajstić information content (AvgIpc) is 2.46. The van der Waals surface area contributed by atoms with Crippen LogP contribution in [0.2, 0.25) is 0 Å². The molecule has 0 amide bonds. The van der Waals surface area contributed by atoms with Crippen LogP contribution in [0.1, 0.15) is 26.0 Å². The van der Waals surface area contributed by atoms with E-state index in [1.54, 1.807) is 6.20 Å². The minimum atomic E-state index is -0.0403. The van der Waals surface area contributed by atoms with Crippen LogP contribution in [0.5, 0.6) is 0 Å². The Bertz CT molecular complexity index is 448. The van der Waals surface area contributed by atoms with Crippen molar-refractivity contribution in [2.45, 2.75) is 32.4 Å². The van der Waals surface area contributed by atoms with Gasteiger partial charge in [0.05, 0.1) is 31.1 Å². The molecule has 3 N–H and O–H groups in total. The number of amidine groups is 1. The Balaban J connectivity index is 2.20. The normalized spacial score (nSPS) is 24.5. The van der Waals surface area contributed by atoms with Crippen molar-refractivity contribution in [1.29, 1.82) is 0 Å². The van der Waals surface area contributed by atoms with Gasteiger partial charge in [-0.15, -0.1) is 0 Å². The van der Waals surface area contributed by atoms with Crippen molar-refractivity contribution in [1.82, 2.24) is 9.97 Å². The highest BCUT2D eigenvalue weighted by Gasteiger charge is 2.26. The minimum absolute atomic E-state index is 0.0403. The Kier molecular flexibility index (Phi) is 4.16. The van der Waals surface area contributed by atoms with Crippen LogP contribution in [0, 0.1) is 0 Å². The number of aromatic nitrogens is 2. The summed E-state index contributed by atoms with van der Waals surface area (Å²) >= 11 is 0. The first kappa shape index (κ1) is 13.5. The molecule has 2 unspecified atom stereocenters. The molecule has 1 fully saturated rings. The van der Waals surface area contributed by atoms with E-state index in [-0.39, 0.29) is 11.9 Å². The summed E-state index contributed by atoms with van der Waals surface area (Å²) in [7, 11) is 0. The number of nitrogens with zero attached hydrogens (tertiary/aromatic N) is 4. The van der Waals surface area contributed by atoms with Crippen LogP contribution in [0.4, 0.5) is 5.82 Å². The summed E-state index contributed by atoms with van der Waals surface area (Å²) in [5.74, 6) is 0.748. The Morgan fingerprint density at radius 3 is 2.95 bits per heavy atom. The number of hydrogen-bond acceptors (Lipinski definition) is 6. The van der Waals surface area contributed by atoms with E-state index in [1.807, 2.05) is 6.92 Å². The SMILES string of the molecule is CCC1COC(C)CN1c1cnc(C(N)=NO)cn1. The van der Waals surface area contributed by atoms with Gasteiger partial charge in [0.1, 0.15) is 11.5 Å². The topological polar surface area (TPSA) is 96.9 Å². The summed E-state index contributed by atoms with van der Waals surface area (Å²) in [5, 5.41) is 11.5. The molecule has 7 heteroatoms. The van der Waals surface area contributed by atoms with E-state index in [2.05, 4.69) is 26.9 Å². The Labute approximate surface area is 112 Å². The van der Waals surface area contributed by atoms with Gasteiger partial charge in [-0.3, -0.25) is 0 Å². The highest BCUT2D eigenvalue weighted by Crippen LogP contribution is 2.20. The van der Waals surface area contributed by atoms with E-state index in [0.717, 1.165) is 18.8 Å². The molecule has 104 valence electrons. The van der Waals surface area contributed by atoms with Gasteiger partial charge in [-0.1, -0.05) is 12.1 Å². The third-order valence-corrected chi connectivity index (χ3v) is 3.24. The number of hydrogen-bond donors (Lipinski definition) is 2. The second-order valence-electron chi connectivity index (χ2n) is 4.60. The molecule has 0 aliphatic carbocycles. The lowest BCUT2D eigenvalue weighted by Crippen LogP contribution is -2.49. The van der Waals surface area contributed by atoms with Gasteiger partial charge in [-0.25, -0.2) is 9.97 Å². The monoisotopic (exact) mass is 265 g/mol. The number of morpholine rings is 1. The van der Waals surface area contributed by atoms with E-state index in [0.29, 0.717) is 18.3 Å². The lowest BCUT2D eigenvalue weighted by molar-refractivity contribution is 0.0296. The van der Waals surface area contributed by atoms with Gasteiger partial charge in [-0.2, -0.15) is 0 Å². The molecule has 0 radical (unpaired) electrons. The highest BCUT2D eigenvalue weighted by atomic mass is 16.5. The first-order chi connectivity index (χ1) is 9.15. The van der Waals surface area contributed by atoms with Crippen LogP contribution in [-0.4, -0.2) is 46.3 Å². The number of nitrogens with two attached hydrogens (primary N) is 1. The number of rotatable bonds is 3. The van der Waals surface area contributed by atoms with E-state index >= 15 is 0 Å². The second-order valence-corrected chi connectivity index (χ2v) is 4.60. The van der Waals surface area contributed by atoms with Gasteiger partial charge in [0, 0.05) is 6.54 Å². The van der Waals surface area contributed by atoms with Crippen molar-refractivity contribution in [2.75, 3.05) is 18.1 Å². The Morgan fingerprint density at radius 2 is 2.37 bits per heavy atom. The molecule has 2 atom stereocenters. The fourth-order valence-corrected chi connectivity index (χ4v) is 2.12. The van der Waals surface area contributed by atoms with Crippen molar-refractivity contribution in [3.8, 4) is 0 Å². The first-order valence-electron chi connectivity index (χ1n) is 6.33. The molecule has 7 nitrogen and oxygen atoms in total. The molecular formula is C12H19N5O2. The first-order valence-corrected chi connectivity index (χ1v) is 6.33. The van der Waals surface area contributed by atoms with Gasteiger partial charge in [0.25, 0.3) is 0 Å². The standard InChI is InChI=1S/C12H19N5O2/c1-3-9-7-19-8(2)6-17(9)11-5-14-10(4-15-11)12(13)16-18/h4-5,8-9,18H,3,6-7H2,1-2H3,(H2,13,16). The van der Waals surface area contributed by atoms with E-state index in [4.69, 9.17) is 15.7 Å². The molecule has 1 aromatic rings. The maximum absolute atomic E-state index is 8.59. The maximum atomic E-state index is 8.59. The zero-order valence-corrected chi connectivity index (χ0v) is 11.2. The molecule has 19 heavy (non-hydrogen) atoms. The fourth-order valence-electron chi connectivity index (χ4n) is 2.12. The zero-order chi connectivity index (χ0) is 13.8. The van der Waals surface area contributed by atoms with Crippen LogP contribution in [0.25, 0.3) is 0 Å². The molecule has 2 rings (SSSR count). The number of oxime groups is 1. The zero-order valence-electron chi connectivity index (χ0n) is 11.2. The summed E-state index contributed by atoms with van der Waals surface area (Å²) in [6, 6.07) is 0.306. The summed E-state index contributed by atoms with van der Waals surface area (Å²) in [6.07, 6.45) is 4.31. The van der Waals surface area contributed by atoms with E-state index in [9.17, 15) is 0 Å². The van der Waals surface area contributed by atoms with Crippen LogP contribution in [0.15, 0.2) is 17.5 Å². The Hall–Kier alpha value is -1.89. The van der Waals surface area contributed by atoms with Gasteiger partial charge in [0.15, 0.2) is 5.84 Å². The molecular weight excluding hydrogens is 246 g/mol. The van der Waals surface area contributed by atoms with Crippen LogP contribution in [-0.2, 0) is 4.74 Å². The number of anilines is 1. The molecule has 0 aromatic carbocycles. The smallest absolute Gasteiger partial charge is 0.190 e. The maximum Gasteiger partial charge on any atom is 0.190 e.